The SMILES string of the molecule is C[C@@H](O)[C@@H]1NC(=O)[C@H](CC(=O)O)NC(=O)[C@H](CC(N)=O)NC(=O)[C@@H](CCCCN)NC(=O)[C@H]([C@@H](C)O)NC(=O)[C@H]2CCCN2C(=O)[C@@H](CC(N)=O)NC1=O. The van der Waals surface area contributed by atoms with Gasteiger partial charge in [-0.05, 0) is 52.5 Å². The third-order valence-corrected chi connectivity index (χ3v) is 8.61. The number of carboxylic acids is 1. The Morgan fingerprint density at radius 1 is 0.667 bits per heavy atom. The number of fused-ring (bicyclic) bond motifs is 1. The number of primary amides is 2. The molecule has 0 aromatic heterocycles. The molecule has 302 valence electrons. The molecule has 0 saturated carbocycles. The summed E-state index contributed by atoms with van der Waals surface area (Å²) in [6.07, 6.45) is -5.26. The summed E-state index contributed by atoms with van der Waals surface area (Å²) in [5, 5.41) is 43.8. The lowest BCUT2D eigenvalue weighted by Gasteiger charge is -2.31. The predicted octanol–water partition coefficient (Wildman–Crippen LogP) is -6.98. The van der Waals surface area contributed by atoms with Gasteiger partial charge in [0.05, 0.1) is 31.5 Å². The fraction of sp³-hybridized carbons (Fsp3) is 0.677. The third-order valence-electron chi connectivity index (χ3n) is 8.61. The van der Waals surface area contributed by atoms with E-state index in [1.54, 1.807) is 0 Å². The van der Waals surface area contributed by atoms with E-state index in [2.05, 4.69) is 31.9 Å². The molecule has 2 aliphatic heterocycles. The predicted molar refractivity (Wildman–Crippen MR) is 182 cm³/mol. The van der Waals surface area contributed by atoms with E-state index in [-0.39, 0.29) is 38.8 Å². The quantitative estimate of drug-likeness (QED) is 0.0821. The molecule has 0 aromatic rings. The van der Waals surface area contributed by atoms with E-state index < -0.39 is 133 Å². The molecule has 2 rings (SSSR count). The maximum atomic E-state index is 13.8. The summed E-state index contributed by atoms with van der Waals surface area (Å²) in [7, 11) is 0. The Bertz CT molecular complexity index is 1460. The monoisotopic (exact) mass is 770 g/mol. The van der Waals surface area contributed by atoms with Crippen molar-refractivity contribution in [2.24, 2.45) is 17.2 Å². The molecule has 2 fully saturated rings. The van der Waals surface area contributed by atoms with Gasteiger partial charge in [-0.25, -0.2) is 0 Å². The molecule has 54 heavy (non-hydrogen) atoms. The van der Waals surface area contributed by atoms with Gasteiger partial charge in [0.15, 0.2) is 0 Å². The summed E-state index contributed by atoms with van der Waals surface area (Å²) in [6, 6.07) is -12.0. The van der Waals surface area contributed by atoms with E-state index in [4.69, 9.17) is 17.2 Å². The summed E-state index contributed by atoms with van der Waals surface area (Å²) in [5.41, 5.74) is 16.2. The van der Waals surface area contributed by atoms with Gasteiger partial charge >= 0.3 is 5.97 Å². The Labute approximate surface area is 309 Å². The largest absolute Gasteiger partial charge is 0.481 e. The molecule has 9 atom stereocenters. The van der Waals surface area contributed by atoms with Crippen LogP contribution in [0, 0.1) is 0 Å². The second-order valence-corrected chi connectivity index (χ2v) is 13.1. The molecule has 9 amide bonds. The number of aliphatic hydroxyl groups is 2. The second kappa shape index (κ2) is 20.7. The van der Waals surface area contributed by atoms with Gasteiger partial charge in [-0.15, -0.1) is 0 Å². The average molecular weight is 771 g/mol. The van der Waals surface area contributed by atoms with Crippen molar-refractivity contribution in [3.8, 4) is 0 Å². The van der Waals surface area contributed by atoms with E-state index in [0.717, 1.165) is 11.8 Å². The lowest BCUT2D eigenvalue weighted by atomic mass is 10.0. The molecule has 15 N–H and O–H groups in total. The zero-order valence-corrected chi connectivity index (χ0v) is 29.9. The third kappa shape index (κ3) is 13.2. The molecule has 2 heterocycles. The average Bonchev–Trinajstić information content (AvgIpc) is 3.56. The van der Waals surface area contributed by atoms with Crippen molar-refractivity contribution in [2.45, 2.75) is 120 Å². The number of hydrogen-bond acceptors (Lipinski definition) is 13. The van der Waals surface area contributed by atoms with Crippen LogP contribution in [0.15, 0.2) is 0 Å². The summed E-state index contributed by atoms with van der Waals surface area (Å²) in [5.74, 6) is -11.7. The summed E-state index contributed by atoms with van der Waals surface area (Å²) >= 11 is 0. The number of carboxylic acid groups (broad SMARTS) is 1. The summed E-state index contributed by atoms with van der Waals surface area (Å²) in [4.78, 5) is 131. The van der Waals surface area contributed by atoms with Crippen molar-refractivity contribution in [1.82, 2.24) is 36.8 Å². The first kappa shape index (κ1) is 44.7. The Kier molecular flexibility index (Phi) is 17.2. The zero-order valence-electron chi connectivity index (χ0n) is 29.9. The highest BCUT2D eigenvalue weighted by Gasteiger charge is 2.42. The number of unbranched alkanes of at least 4 members (excludes halogenated alkanes) is 1. The van der Waals surface area contributed by atoms with Crippen LogP contribution >= 0.6 is 0 Å². The van der Waals surface area contributed by atoms with Gasteiger partial charge in [-0.1, -0.05) is 0 Å². The maximum Gasteiger partial charge on any atom is 0.305 e. The van der Waals surface area contributed by atoms with E-state index in [9.17, 15) is 63.3 Å². The second-order valence-electron chi connectivity index (χ2n) is 13.1. The molecule has 2 saturated heterocycles. The molecule has 0 aromatic carbocycles. The first-order valence-corrected chi connectivity index (χ1v) is 17.2. The number of amides is 9. The van der Waals surface area contributed by atoms with Gasteiger partial charge in [0.2, 0.25) is 53.2 Å². The van der Waals surface area contributed by atoms with Crippen molar-refractivity contribution >= 4 is 59.1 Å². The van der Waals surface area contributed by atoms with Crippen LogP contribution in [0.2, 0.25) is 0 Å². The van der Waals surface area contributed by atoms with Crippen LogP contribution in [0.5, 0.6) is 0 Å². The molecule has 0 unspecified atom stereocenters. The van der Waals surface area contributed by atoms with Crippen LogP contribution in [0.3, 0.4) is 0 Å². The molecule has 0 aliphatic carbocycles. The zero-order chi connectivity index (χ0) is 40.9. The molecule has 2 aliphatic rings. The van der Waals surface area contributed by atoms with E-state index >= 15 is 0 Å². The van der Waals surface area contributed by atoms with Crippen LogP contribution in [0.1, 0.15) is 65.2 Å². The topological polar surface area (TPSA) is 385 Å². The standard InChI is InChI=1S/C31H50N10O13/c1-13(42)23-30(53)38-18(11-21(34)45)31(54)41-9-5-7-19(41)28(51)40-24(14(2)43)29(52)35-15(6-3-4-8-32)25(48)36-16(10-20(33)44)26(49)37-17(12-22(46)47)27(50)39-23/h13-19,23-24,42-43H,3-12,32H2,1-2H3,(H2,33,44)(H2,34,45)(H,35,52)(H,36,48)(H,37,49)(H,38,53)(H,39,50)(H,40,51)(H,46,47)/t13-,14-,15-,16+,17+,18-,19-,23+,24+/m1/s1. The number of carbonyl (C=O) groups is 10. The molecule has 0 bridgehead atoms. The first-order chi connectivity index (χ1) is 25.3. The maximum absolute atomic E-state index is 13.8. The molecule has 23 heteroatoms. The first-order valence-electron chi connectivity index (χ1n) is 17.2. The minimum Gasteiger partial charge on any atom is -0.481 e. The highest BCUT2D eigenvalue weighted by atomic mass is 16.4. The van der Waals surface area contributed by atoms with Gasteiger partial charge in [-0.2, -0.15) is 0 Å². The minimum atomic E-state index is -2.00. The van der Waals surface area contributed by atoms with Crippen molar-refractivity contribution in [3.63, 3.8) is 0 Å². The number of carbonyl (C=O) groups excluding carboxylic acids is 9. The fourth-order valence-corrected chi connectivity index (χ4v) is 5.84. The lowest BCUT2D eigenvalue weighted by Crippen LogP contribution is -2.62. The minimum absolute atomic E-state index is 0.0483. The Hall–Kier alpha value is -5.42. The van der Waals surface area contributed by atoms with Crippen LogP contribution in [0.4, 0.5) is 0 Å². The molecule has 23 nitrogen and oxygen atoms in total. The van der Waals surface area contributed by atoms with Crippen LogP contribution in [-0.4, -0.2) is 147 Å². The van der Waals surface area contributed by atoms with Crippen molar-refractivity contribution in [3.05, 3.63) is 0 Å². The molecular formula is C31H50N10O13. The number of rotatable bonds is 12. The van der Waals surface area contributed by atoms with Gasteiger partial charge in [-0.3, -0.25) is 47.9 Å². The Morgan fingerprint density at radius 3 is 1.61 bits per heavy atom. The Morgan fingerprint density at radius 2 is 1.11 bits per heavy atom. The highest BCUT2D eigenvalue weighted by Crippen LogP contribution is 2.20. The van der Waals surface area contributed by atoms with E-state index in [0.29, 0.717) is 6.42 Å². The lowest BCUT2D eigenvalue weighted by molar-refractivity contribution is -0.144. The van der Waals surface area contributed by atoms with Crippen molar-refractivity contribution < 1.29 is 63.3 Å². The van der Waals surface area contributed by atoms with Crippen molar-refractivity contribution in [2.75, 3.05) is 13.1 Å². The number of hydrogen-bond donors (Lipinski definition) is 12. The molecular weight excluding hydrogens is 720 g/mol. The molecule has 0 radical (unpaired) electrons. The van der Waals surface area contributed by atoms with E-state index in [1.807, 2.05) is 0 Å². The Balaban J connectivity index is 2.70. The normalized spacial score (nSPS) is 27.8. The van der Waals surface area contributed by atoms with E-state index in [1.165, 1.54) is 6.92 Å². The van der Waals surface area contributed by atoms with Crippen LogP contribution in [0.25, 0.3) is 0 Å². The number of aliphatic hydroxyl groups excluding tert-OH is 2. The molecule has 0 spiro atoms. The number of nitrogens with one attached hydrogen (secondary N) is 6. The highest BCUT2D eigenvalue weighted by molar-refractivity contribution is 6.01. The van der Waals surface area contributed by atoms with Crippen LogP contribution in [-0.2, 0) is 47.9 Å². The fourth-order valence-electron chi connectivity index (χ4n) is 5.84. The van der Waals surface area contributed by atoms with Crippen molar-refractivity contribution in [1.29, 1.82) is 0 Å². The van der Waals surface area contributed by atoms with Gasteiger partial charge in [0, 0.05) is 6.54 Å². The summed E-state index contributed by atoms with van der Waals surface area (Å²) < 4.78 is 0. The number of nitrogens with zero attached hydrogens (tertiary/aromatic N) is 1. The number of aliphatic carboxylic acids is 1. The smallest absolute Gasteiger partial charge is 0.305 e. The summed E-state index contributed by atoms with van der Waals surface area (Å²) in [6.45, 7) is 2.36. The van der Waals surface area contributed by atoms with Crippen LogP contribution < -0.4 is 49.1 Å². The van der Waals surface area contributed by atoms with Gasteiger partial charge in [0.25, 0.3) is 0 Å². The van der Waals surface area contributed by atoms with Gasteiger partial charge in [0.1, 0.15) is 42.3 Å². The number of nitrogens with two attached hydrogens (primary N) is 3. The van der Waals surface area contributed by atoms with Gasteiger partial charge < -0.3 is 69.3 Å².